The van der Waals surface area contributed by atoms with Crippen LogP contribution in [-0.4, -0.2) is 61.5 Å². The van der Waals surface area contributed by atoms with Crippen molar-refractivity contribution >= 4 is 27.7 Å². The number of rotatable bonds is 3. The average Bonchev–Trinajstić information content (AvgIpc) is 2.87. The maximum atomic E-state index is 13.4. The molecular weight excluding hydrogens is 511 g/mol. The van der Waals surface area contributed by atoms with Crippen molar-refractivity contribution in [2.45, 2.75) is 56.5 Å². The number of carbonyl (C=O) groups excluding carboxylic acids is 2. The minimum Gasteiger partial charge on any atom is -0.444 e. The molecule has 2 aromatic rings. The molecule has 1 saturated heterocycles. The Morgan fingerprint density at radius 3 is 2.46 bits per heavy atom. The van der Waals surface area contributed by atoms with Crippen LogP contribution in [0.1, 0.15) is 35.1 Å². The van der Waals surface area contributed by atoms with Crippen LogP contribution in [0.15, 0.2) is 41.3 Å². The molecule has 37 heavy (non-hydrogen) atoms. The molecule has 3 heterocycles. The molecule has 0 atom stereocenters. The number of carbonyl (C=O) groups is 2. The molecule has 3 aliphatic heterocycles. The third-order valence-electron chi connectivity index (χ3n) is 7.26. The van der Waals surface area contributed by atoms with Crippen molar-refractivity contribution in [3.05, 3.63) is 58.7 Å². The lowest BCUT2D eigenvalue weighted by Crippen LogP contribution is -2.50. The number of halogens is 3. The molecule has 8 nitrogen and oxygen atoms in total. The quantitative estimate of drug-likeness (QED) is 0.595. The van der Waals surface area contributed by atoms with E-state index in [1.54, 1.807) is 11.0 Å². The van der Waals surface area contributed by atoms with E-state index in [1.807, 2.05) is 25.1 Å². The summed E-state index contributed by atoms with van der Waals surface area (Å²) in [6, 6.07) is 9.93. The number of nitrogens with zero attached hydrogens (tertiary/aromatic N) is 3. The van der Waals surface area contributed by atoms with Crippen molar-refractivity contribution in [1.82, 2.24) is 9.21 Å². The number of amides is 2. The standard InChI is InChI=1S/C25H26F3N3O5S/c1-16-3-2-4-18-15-36-24(33)31(22(16)18)20-8-11-30(12-9-20)37(34,35)21-6-5-17-7-10-29(14-19(17)13-21)23(32)25(26,27)28/h2-6,13,20H,7-12,14-15H2,1H3. The van der Waals surface area contributed by atoms with Crippen LogP contribution in [-0.2, 0) is 39.1 Å². The third kappa shape index (κ3) is 4.68. The molecule has 198 valence electrons. The monoisotopic (exact) mass is 537 g/mol. The van der Waals surface area contributed by atoms with Gasteiger partial charge < -0.3 is 9.64 Å². The van der Waals surface area contributed by atoms with Gasteiger partial charge >= 0.3 is 18.2 Å². The molecule has 0 N–H and O–H groups in total. The zero-order chi connectivity index (χ0) is 26.5. The summed E-state index contributed by atoms with van der Waals surface area (Å²) in [6.07, 6.45) is -4.40. The van der Waals surface area contributed by atoms with Crippen LogP contribution in [0, 0.1) is 6.92 Å². The Balaban J connectivity index is 1.32. The number of sulfonamides is 1. The topological polar surface area (TPSA) is 87.2 Å². The second-order valence-electron chi connectivity index (χ2n) is 9.55. The Kier molecular flexibility index (Phi) is 6.43. The number of hydrogen-bond donors (Lipinski definition) is 0. The molecule has 2 aromatic carbocycles. The first-order valence-electron chi connectivity index (χ1n) is 12.0. The van der Waals surface area contributed by atoms with E-state index < -0.39 is 28.2 Å². The first-order valence-corrected chi connectivity index (χ1v) is 13.4. The zero-order valence-corrected chi connectivity index (χ0v) is 20.9. The van der Waals surface area contributed by atoms with Crippen LogP contribution < -0.4 is 4.90 Å². The molecule has 0 unspecified atom stereocenters. The van der Waals surface area contributed by atoms with Crippen LogP contribution in [0.3, 0.4) is 0 Å². The predicted molar refractivity (Wildman–Crippen MR) is 127 cm³/mol. The molecule has 0 aromatic heterocycles. The molecule has 0 spiro atoms. The lowest BCUT2D eigenvalue weighted by molar-refractivity contribution is -0.186. The summed E-state index contributed by atoms with van der Waals surface area (Å²) >= 11 is 0. The van der Waals surface area contributed by atoms with Crippen LogP contribution in [0.25, 0.3) is 0 Å². The second-order valence-corrected chi connectivity index (χ2v) is 11.5. The number of para-hydroxylation sites is 1. The van der Waals surface area contributed by atoms with Gasteiger partial charge in [0.1, 0.15) is 6.61 Å². The van der Waals surface area contributed by atoms with Gasteiger partial charge in [-0.2, -0.15) is 17.5 Å². The van der Waals surface area contributed by atoms with Gasteiger partial charge in [0.05, 0.1) is 10.6 Å². The van der Waals surface area contributed by atoms with Crippen molar-refractivity contribution in [3.8, 4) is 0 Å². The second kappa shape index (κ2) is 9.32. The van der Waals surface area contributed by atoms with Gasteiger partial charge in [0, 0.05) is 37.8 Å². The number of hydrogen-bond acceptors (Lipinski definition) is 5. The van der Waals surface area contributed by atoms with Gasteiger partial charge in [-0.25, -0.2) is 13.2 Å². The summed E-state index contributed by atoms with van der Waals surface area (Å²) in [5.74, 6) is -1.93. The summed E-state index contributed by atoms with van der Waals surface area (Å²) in [5.41, 5.74) is 3.77. The number of fused-ring (bicyclic) bond motifs is 2. The summed E-state index contributed by atoms with van der Waals surface area (Å²) in [7, 11) is -3.93. The van der Waals surface area contributed by atoms with E-state index in [0.717, 1.165) is 22.4 Å². The Hall–Kier alpha value is -3.12. The van der Waals surface area contributed by atoms with Crippen molar-refractivity contribution in [2.24, 2.45) is 0 Å². The van der Waals surface area contributed by atoms with Gasteiger partial charge in [0.15, 0.2) is 0 Å². The number of anilines is 1. The van der Waals surface area contributed by atoms with E-state index in [2.05, 4.69) is 0 Å². The van der Waals surface area contributed by atoms with Crippen molar-refractivity contribution in [3.63, 3.8) is 0 Å². The Morgan fingerprint density at radius 2 is 1.76 bits per heavy atom. The van der Waals surface area contributed by atoms with Gasteiger partial charge in [-0.3, -0.25) is 9.69 Å². The highest BCUT2D eigenvalue weighted by Crippen LogP contribution is 2.35. The highest BCUT2D eigenvalue weighted by molar-refractivity contribution is 7.89. The van der Waals surface area contributed by atoms with Gasteiger partial charge in [-0.15, -0.1) is 0 Å². The van der Waals surface area contributed by atoms with Crippen molar-refractivity contribution in [1.29, 1.82) is 0 Å². The Morgan fingerprint density at radius 1 is 1.03 bits per heavy atom. The molecule has 3 aliphatic rings. The van der Waals surface area contributed by atoms with E-state index in [1.165, 1.54) is 16.4 Å². The smallest absolute Gasteiger partial charge is 0.444 e. The van der Waals surface area contributed by atoms with Gasteiger partial charge in [0.2, 0.25) is 10.0 Å². The highest BCUT2D eigenvalue weighted by atomic mass is 32.2. The number of aryl methyl sites for hydroxylation is 1. The Labute approximate surface area is 212 Å². The Bertz CT molecular complexity index is 1350. The van der Waals surface area contributed by atoms with E-state index in [9.17, 15) is 31.2 Å². The van der Waals surface area contributed by atoms with Crippen LogP contribution >= 0.6 is 0 Å². The summed E-state index contributed by atoms with van der Waals surface area (Å²) in [5, 5.41) is 0. The summed E-state index contributed by atoms with van der Waals surface area (Å²) in [4.78, 5) is 26.6. The largest absolute Gasteiger partial charge is 0.471 e. The van der Waals surface area contributed by atoms with E-state index in [-0.39, 0.29) is 50.1 Å². The lowest BCUT2D eigenvalue weighted by Gasteiger charge is -2.40. The molecule has 1 fully saturated rings. The predicted octanol–water partition coefficient (Wildman–Crippen LogP) is 3.75. The number of ether oxygens (including phenoxy) is 1. The van der Waals surface area contributed by atoms with Crippen LogP contribution in [0.2, 0.25) is 0 Å². The summed E-state index contributed by atoms with van der Waals surface area (Å²) in [6.45, 7) is 2.09. The first-order chi connectivity index (χ1) is 17.5. The molecule has 0 radical (unpaired) electrons. The maximum Gasteiger partial charge on any atom is 0.471 e. The zero-order valence-electron chi connectivity index (χ0n) is 20.1. The minimum absolute atomic E-state index is 0.0235. The molecular formula is C25H26F3N3O5S. The van der Waals surface area contributed by atoms with E-state index in [0.29, 0.717) is 23.3 Å². The van der Waals surface area contributed by atoms with Gasteiger partial charge in [-0.05, 0) is 55.0 Å². The molecule has 12 heteroatoms. The number of piperidine rings is 1. The average molecular weight is 538 g/mol. The van der Waals surface area contributed by atoms with Crippen molar-refractivity contribution < 1.29 is 35.9 Å². The normalized spacial score (nSPS) is 19.3. The molecule has 0 bridgehead atoms. The lowest BCUT2D eigenvalue weighted by atomic mass is 10.00. The van der Waals surface area contributed by atoms with Crippen molar-refractivity contribution in [2.75, 3.05) is 24.5 Å². The van der Waals surface area contributed by atoms with E-state index >= 15 is 0 Å². The molecule has 2 amide bonds. The fourth-order valence-corrected chi connectivity index (χ4v) is 6.87. The minimum atomic E-state index is -4.98. The SMILES string of the molecule is Cc1cccc2c1N(C1CCN(S(=O)(=O)c3ccc4c(c3)CN(C(=O)C(F)(F)F)CC4)CC1)C(=O)OC2. The summed E-state index contributed by atoms with van der Waals surface area (Å²) < 4.78 is 72.2. The molecule has 0 saturated carbocycles. The third-order valence-corrected chi connectivity index (χ3v) is 9.15. The molecule has 5 rings (SSSR count). The van der Waals surface area contributed by atoms with Gasteiger partial charge in [0.25, 0.3) is 0 Å². The molecule has 0 aliphatic carbocycles. The van der Waals surface area contributed by atoms with Crippen LogP contribution in [0.5, 0.6) is 0 Å². The van der Waals surface area contributed by atoms with E-state index in [4.69, 9.17) is 4.74 Å². The fourth-order valence-electron chi connectivity index (χ4n) is 5.35. The highest BCUT2D eigenvalue weighted by Gasteiger charge is 2.43. The van der Waals surface area contributed by atoms with Crippen LogP contribution in [0.4, 0.5) is 23.7 Å². The number of cyclic esters (lactones) is 1. The number of alkyl halides is 3. The maximum absolute atomic E-state index is 13.4. The van der Waals surface area contributed by atoms with Gasteiger partial charge in [-0.1, -0.05) is 24.3 Å². The number of benzene rings is 2. The fraction of sp³-hybridized carbons (Fsp3) is 0.440. The first kappa shape index (κ1) is 25.5.